The van der Waals surface area contributed by atoms with E-state index in [-0.39, 0.29) is 5.91 Å². The topological polar surface area (TPSA) is 50.3 Å². The molecule has 0 aromatic carbocycles. The molecule has 0 N–H and O–H groups in total. The summed E-state index contributed by atoms with van der Waals surface area (Å²) in [6.45, 7) is 7.62. The van der Waals surface area contributed by atoms with Gasteiger partial charge in [0.1, 0.15) is 5.25 Å². The van der Waals surface area contributed by atoms with E-state index in [9.17, 15) is 9.00 Å². The van der Waals surface area contributed by atoms with Gasteiger partial charge in [-0.1, -0.05) is 26.7 Å². The number of rotatable bonds is 5. The molecule has 1 aliphatic heterocycles. The van der Waals surface area contributed by atoms with Crippen LogP contribution in [0.1, 0.15) is 63.1 Å². The van der Waals surface area contributed by atoms with Gasteiger partial charge in [-0.2, -0.15) is 0 Å². The van der Waals surface area contributed by atoms with Crippen molar-refractivity contribution in [3.05, 3.63) is 16.1 Å². The number of likely N-dealkylation sites (tertiary alicyclic amines) is 1. The fraction of sp³-hybridized carbons (Fsp3) is 0.750. The Morgan fingerprint density at radius 3 is 2.45 bits per heavy atom. The standard InChI is InChI=1S/C16H26N2O2S2/c1-12(2)15-17-14(10-21-15)11-22(20)13(3)16(19)18-8-6-4-5-7-9-18/h10,12-13H,4-9,11H2,1-3H3/t13-,22-/m0/s1. The van der Waals surface area contributed by atoms with Gasteiger partial charge in [0.15, 0.2) is 0 Å². The third kappa shape index (κ3) is 4.62. The van der Waals surface area contributed by atoms with Crippen LogP contribution >= 0.6 is 11.3 Å². The smallest absolute Gasteiger partial charge is 0.238 e. The number of aromatic nitrogens is 1. The largest absolute Gasteiger partial charge is 0.342 e. The lowest BCUT2D eigenvalue weighted by molar-refractivity contribution is -0.130. The van der Waals surface area contributed by atoms with Crippen LogP contribution in [0, 0.1) is 0 Å². The van der Waals surface area contributed by atoms with E-state index in [1.807, 2.05) is 10.3 Å². The Balaban J connectivity index is 1.93. The molecule has 124 valence electrons. The van der Waals surface area contributed by atoms with Gasteiger partial charge in [0, 0.05) is 35.2 Å². The highest BCUT2D eigenvalue weighted by Crippen LogP contribution is 2.21. The molecule has 1 aromatic heterocycles. The fourth-order valence-electron chi connectivity index (χ4n) is 2.59. The highest BCUT2D eigenvalue weighted by atomic mass is 32.2. The quantitative estimate of drug-likeness (QED) is 0.825. The molecule has 2 rings (SSSR count). The second-order valence-corrected chi connectivity index (χ2v) is 8.89. The molecule has 1 saturated heterocycles. The maximum Gasteiger partial charge on any atom is 0.238 e. The van der Waals surface area contributed by atoms with Gasteiger partial charge < -0.3 is 4.90 Å². The molecule has 4 nitrogen and oxygen atoms in total. The lowest BCUT2D eigenvalue weighted by Crippen LogP contribution is -2.40. The summed E-state index contributed by atoms with van der Waals surface area (Å²) < 4.78 is 12.5. The summed E-state index contributed by atoms with van der Waals surface area (Å²) in [6, 6.07) is 0. The zero-order chi connectivity index (χ0) is 16.1. The van der Waals surface area contributed by atoms with Crippen molar-refractivity contribution in [2.75, 3.05) is 13.1 Å². The molecule has 0 unspecified atom stereocenters. The second kappa shape index (κ2) is 8.20. The maximum absolute atomic E-state index is 12.5. The lowest BCUT2D eigenvalue weighted by atomic mass is 10.2. The van der Waals surface area contributed by atoms with Crippen LogP contribution in [0.15, 0.2) is 5.38 Å². The van der Waals surface area contributed by atoms with E-state index in [1.165, 1.54) is 12.8 Å². The number of hydrogen-bond donors (Lipinski definition) is 0. The number of nitrogens with zero attached hydrogens (tertiary/aromatic N) is 2. The molecule has 1 amide bonds. The minimum Gasteiger partial charge on any atom is -0.342 e. The second-order valence-electron chi connectivity index (χ2n) is 6.24. The molecular weight excluding hydrogens is 316 g/mol. The molecule has 22 heavy (non-hydrogen) atoms. The highest BCUT2D eigenvalue weighted by Gasteiger charge is 2.26. The van der Waals surface area contributed by atoms with Crippen molar-refractivity contribution in [1.82, 2.24) is 9.88 Å². The summed E-state index contributed by atoms with van der Waals surface area (Å²) in [5.41, 5.74) is 0.850. The molecule has 1 aliphatic rings. The Bertz CT molecular complexity index is 520. The monoisotopic (exact) mass is 342 g/mol. The Morgan fingerprint density at radius 1 is 1.27 bits per heavy atom. The van der Waals surface area contributed by atoms with Gasteiger partial charge in [-0.3, -0.25) is 9.00 Å². The molecule has 0 saturated carbocycles. The number of amides is 1. The zero-order valence-electron chi connectivity index (χ0n) is 13.7. The SMILES string of the molecule is CC(C)c1nc(C[S@](=O)[C@@H](C)C(=O)N2CCCCCC2)cs1. The molecule has 1 aromatic rings. The molecule has 1 fully saturated rings. The van der Waals surface area contributed by atoms with E-state index in [4.69, 9.17) is 0 Å². The number of carbonyl (C=O) groups excluding carboxylic acids is 1. The van der Waals surface area contributed by atoms with Gasteiger partial charge >= 0.3 is 0 Å². The molecule has 2 atom stereocenters. The van der Waals surface area contributed by atoms with Gasteiger partial charge in [-0.15, -0.1) is 11.3 Å². The minimum absolute atomic E-state index is 0.0412. The van der Waals surface area contributed by atoms with Gasteiger partial charge in [0.2, 0.25) is 5.91 Å². The zero-order valence-corrected chi connectivity index (χ0v) is 15.3. The average molecular weight is 343 g/mol. The van der Waals surface area contributed by atoms with Crippen LogP contribution in [0.3, 0.4) is 0 Å². The van der Waals surface area contributed by atoms with Gasteiger partial charge in [-0.25, -0.2) is 4.98 Å². The first-order valence-corrected chi connectivity index (χ1v) is 10.4. The van der Waals surface area contributed by atoms with Crippen molar-refractivity contribution in [2.45, 2.75) is 63.4 Å². The third-order valence-electron chi connectivity index (χ3n) is 4.01. The van der Waals surface area contributed by atoms with E-state index < -0.39 is 16.0 Å². The van der Waals surface area contributed by atoms with Crippen LogP contribution in [0.5, 0.6) is 0 Å². The molecular formula is C16H26N2O2S2. The first kappa shape index (κ1) is 17.6. The molecule has 0 bridgehead atoms. The van der Waals surface area contributed by atoms with Crippen molar-refractivity contribution < 1.29 is 9.00 Å². The van der Waals surface area contributed by atoms with Crippen molar-refractivity contribution in [1.29, 1.82) is 0 Å². The van der Waals surface area contributed by atoms with Crippen molar-refractivity contribution in [2.24, 2.45) is 0 Å². The summed E-state index contributed by atoms with van der Waals surface area (Å²) in [7, 11) is -1.20. The average Bonchev–Trinajstić information content (AvgIpc) is 2.79. The summed E-state index contributed by atoms with van der Waals surface area (Å²) in [5.74, 6) is 0.812. The first-order chi connectivity index (χ1) is 10.5. The number of carbonyl (C=O) groups is 1. The van der Waals surface area contributed by atoms with Crippen LogP contribution in [0.2, 0.25) is 0 Å². The summed E-state index contributed by atoms with van der Waals surface area (Å²) >= 11 is 1.61. The third-order valence-corrected chi connectivity index (χ3v) is 6.78. The summed E-state index contributed by atoms with van der Waals surface area (Å²) in [6.07, 6.45) is 4.51. The Morgan fingerprint density at radius 2 is 1.91 bits per heavy atom. The van der Waals surface area contributed by atoms with Crippen molar-refractivity contribution in [3.8, 4) is 0 Å². The van der Waals surface area contributed by atoms with E-state index in [0.29, 0.717) is 11.7 Å². The maximum atomic E-state index is 12.5. The van der Waals surface area contributed by atoms with Crippen LogP contribution in [0.4, 0.5) is 0 Å². The highest BCUT2D eigenvalue weighted by molar-refractivity contribution is 7.85. The molecule has 2 heterocycles. The lowest BCUT2D eigenvalue weighted by Gasteiger charge is -2.23. The fourth-order valence-corrected chi connectivity index (χ4v) is 4.59. The van der Waals surface area contributed by atoms with Crippen LogP contribution in [-0.2, 0) is 21.3 Å². The Labute approximate surface area is 139 Å². The van der Waals surface area contributed by atoms with Crippen LogP contribution < -0.4 is 0 Å². The normalized spacial score (nSPS) is 19.0. The van der Waals surface area contributed by atoms with E-state index in [0.717, 1.165) is 36.6 Å². The van der Waals surface area contributed by atoms with Gasteiger partial charge in [-0.05, 0) is 19.8 Å². The number of thiazole rings is 1. The predicted molar refractivity (Wildman–Crippen MR) is 92.6 cm³/mol. The summed E-state index contributed by atoms with van der Waals surface area (Å²) in [5, 5.41) is 2.59. The Kier molecular flexibility index (Phi) is 6.56. The Hall–Kier alpha value is -0.750. The molecule has 0 radical (unpaired) electrons. The van der Waals surface area contributed by atoms with Crippen LogP contribution in [-0.4, -0.2) is 38.3 Å². The number of hydrogen-bond acceptors (Lipinski definition) is 4. The van der Waals surface area contributed by atoms with Gasteiger partial charge in [0.05, 0.1) is 16.5 Å². The van der Waals surface area contributed by atoms with Crippen LogP contribution in [0.25, 0.3) is 0 Å². The molecule has 0 spiro atoms. The summed E-state index contributed by atoms with van der Waals surface area (Å²) in [4.78, 5) is 18.9. The van der Waals surface area contributed by atoms with Crippen molar-refractivity contribution in [3.63, 3.8) is 0 Å². The van der Waals surface area contributed by atoms with Gasteiger partial charge in [0.25, 0.3) is 0 Å². The minimum atomic E-state index is -1.20. The molecule has 0 aliphatic carbocycles. The predicted octanol–water partition coefficient (Wildman–Crippen LogP) is 3.31. The van der Waals surface area contributed by atoms with E-state index in [1.54, 1.807) is 18.3 Å². The van der Waals surface area contributed by atoms with Crippen molar-refractivity contribution >= 4 is 28.0 Å². The van der Waals surface area contributed by atoms with E-state index in [2.05, 4.69) is 18.8 Å². The van der Waals surface area contributed by atoms with E-state index >= 15 is 0 Å². The molecule has 6 heteroatoms. The first-order valence-electron chi connectivity index (χ1n) is 8.09.